The number of ether oxygens (including phenoxy) is 1. The van der Waals surface area contributed by atoms with Gasteiger partial charge in [0.1, 0.15) is 11.1 Å². The molecule has 0 aromatic heterocycles. The maximum atomic E-state index is 11.3. The number of hydrogen-bond donors (Lipinski definition) is 2. The summed E-state index contributed by atoms with van der Waals surface area (Å²) in [6.45, 7) is 0. The summed E-state index contributed by atoms with van der Waals surface area (Å²) in [5.74, 6) is 0.470. The maximum absolute atomic E-state index is 11.3. The molecule has 5 heteroatoms. The van der Waals surface area contributed by atoms with Gasteiger partial charge in [0, 0.05) is 0 Å². The molecule has 1 amide bonds. The second-order valence-electron chi connectivity index (χ2n) is 4.06. The van der Waals surface area contributed by atoms with Crippen molar-refractivity contribution in [3.63, 3.8) is 0 Å². The van der Waals surface area contributed by atoms with Gasteiger partial charge in [0.25, 0.3) is 0 Å². The normalized spacial score (nSPS) is 27.9. The number of rotatable bonds is 3. The topological polar surface area (TPSA) is 58.6 Å². The van der Waals surface area contributed by atoms with Crippen molar-refractivity contribution >= 4 is 17.5 Å². The fourth-order valence-corrected chi connectivity index (χ4v) is 2.13. The Bertz CT molecular complexity index is 407. The molecule has 92 valence electrons. The SMILES string of the molecule is COc1ccc(C[C@H]2NC(=O)C(Cl)C2O)cc1. The van der Waals surface area contributed by atoms with Crippen LogP contribution in [0, 0.1) is 0 Å². The maximum Gasteiger partial charge on any atom is 0.241 e. The fourth-order valence-electron chi connectivity index (χ4n) is 1.89. The number of halogens is 1. The van der Waals surface area contributed by atoms with Crippen LogP contribution in [0.25, 0.3) is 0 Å². The van der Waals surface area contributed by atoms with E-state index in [1.165, 1.54) is 0 Å². The molecule has 1 saturated heterocycles. The number of benzene rings is 1. The van der Waals surface area contributed by atoms with Crippen molar-refractivity contribution in [1.82, 2.24) is 5.32 Å². The van der Waals surface area contributed by atoms with Gasteiger partial charge in [-0.2, -0.15) is 0 Å². The van der Waals surface area contributed by atoms with E-state index in [0.717, 1.165) is 11.3 Å². The summed E-state index contributed by atoms with van der Waals surface area (Å²) in [5, 5.41) is 11.6. The van der Waals surface area contributed by atoms with Gasteiger partial charge in [-0.15, -0.1) is 11.6 Å². The van der Waals surface area contributed by atoms with Crippen molar-refractivity contribution in [3.05, 3.63) is 29.8 Å². The Morgan fingerprint density at radius 2 is 2.06 bits per heavy atom. The second-order valence-corrected chi connectivity index (χ2v) is 4.53. The third kappa shape index (κ3) is 2.53. The number of carbonyl (C=O) groups is 1. The van der Waals surface area contributed by atoms with Crippen LogP contribution in [-0.2, 0) is 11.2 Å². The minimum atomic E-state index is -0.849. The summed E-state index contributed by atoms with van der Waals surface area (Å²) >= 11 is 5.74. The molecule has 3 atom stereocenters. The van der Waals surface area contributed by atoms with Crippen LogP contribution in [0.5, 0.6) is 5.75 Å². The first kappa shape index (κ1) is 12.2. The smallest absolute Gasteiger partial charge is 0.241 e. The monoisotopic (exact) mass is 255 g/mol. The van der Waals surface area contributed by atoms with Gasteiger partial charge in [0.2, 0.25) is 5.91 Å². The van der Waals surface area contributed by atoms with E-state index < -0.39 is 11.5 Å². The molecule has 17 heavy (non-hydrogen) atoms. The van der Waals surface area contributed by atoms with Crippen LogP contribution in [0.4, 0.5) is 0 Å². The molecule has 0 saturated carbocycles. The van der Waals surface area contributed by atoms with Crippen molar-refractivity contribution in [2.75, 3.05) is 7.11 Å². The number of amides is 1. The van der Waals surface area contributed by atoms with Gasteiger partial charge in [-0.25, -0.2) is 0 Å². The van der Waals surface area contributed by atoms with Crippen LogP contribution in [0.3, 0.4) is 0 Å². The summed E-state index contributed by atoms with van der Waals surface area (Å²) < 4.78 is 5.05. The zero-order valence-corrected chi connectivity index (χ0v) is 10.1. The molecular formula is C12H14ClNO3. The van der Waals surface area contributed by atoms with Crippen molar-refractivity contribution in [2.45, 2.75) is 23.9 Å². The van der Waals surface area contributed by atoms with Gasteiger partial charge < -0.3 is 15.2 Å². The molecule has 0 bridgehead atoms. The Hall–Kier alpha value is -1.26. The number of carbonyl (C=O) groups excluding carboxylic acids is 1. The Kier molecular flexibility index (Phi) is 3.54. The van der Waals surface area contributed by atoms with Crippen molar-refractivity contribution in [2.24, 2.45) is 0 Å². The van der Waals surface area contributed by atoms with E-state index in [0.29, 0.717) is 6.42 Å². The predicted molar refractivity (Wildman–Crippen MR) is 64.3 cm³/mol. The van der Waals surface area contributed by atoms with E-state index in [2.05, 4.69) is 5.32 Å². The molecule has 1 aliphatic rings. The molecule has 0 radical (unpaired) electrons. The van der Waals surface area contributed by atoms with E-state index >= 15 is 0 Å². The third-order valence-corrected chi connectivity index (χ3v) is 3.36. The van der Waals surface area contributed by atoms with Gasteiger partial charge in [-0.3, -0.25) is 4.79 Å². The highest BCUT2D eigenvalue weighted by molar-refractivity contribution is 6.32. The average Bonchev–Trinajstić information content (AvgIpc) is 2.58. The Morgan fingerprint density at radius 1 is 1.41 bits per heavy atom. The standard InChI is InChI=1S/C12H14ClNO3/c1-17-8-4-2-7(3-5-8)6-9-11(15)10(13)12(16)14-9/h2-5,9-11,15H,6H2,1H3,(H,14,16)/t9-,10?,11?/m1/s1. The lowest BCUT2D eigenvalue weighted by atomic mass is 10.0. The van der Waals surface area contributed by atoms with Crippen molar-refractivity contribution in [3.8, 4) is 5.75 Å². The number of hydrogen-bond acceptors (Lipinski definition) is 3. The molecule has 4 nitrogen and oxygen atoms in total. The number of alkyl halides is 1. The molecule has 1 aliphatic heterocycles. The van der Waals surface area contributed by atoms with Gasteiger partial charge >= 0.3 is 0 Å². The molecule has 2 N–H and O–H groups in total. The first-order valence-corrected chi connectivity index (χ1v) is 5.81. The second kappa shape index (κ2) is 4.94. The predicted octanol–water partition coefficient (Wildman–Crippen LogP) is 0.704. The third-order valence-electron chi connectivity index (χ3n) is 2.90. The molecule has 0 aliphatic carbocycles. The Balaban J connectivity index is 2.03. The Labute approximate surface area is 105 Å². The molecule has 1 aromatic rings. The largest absolute Gasteiger partial charge is 0.497 e. The van der Waals surface area contributed by atoms with Gasteiger partial charge in [-0.05, 0) is 24.1 Å². The van der Waals surface area contributed by atoms with Crippen molar-refractivity contribution in [1.29, 1.82) is 0 Å². The Morgan fingerprint density at radius 3 is 2.53 bits per heavy atom. The molecule has 1 aromatic carbocycles. The fraction of sp³-hybridized carbons (Fsp3) is 0.417. The average molecular weight is 256 g/mol. The summed E-state index contributed by atoms with van der Waals surface area (Å²) in [4.78, 5) is 11.3. The van der Waals surface area contributed by atoms with Gasteiger partial charge in [0.15, 0.2) is 0 Å². The van der Waals surface area contributed by atoms with E-state index in [1.54, 1.807) is 7.11 Å². The molecule has 1 heterocycles. The van der Waals surface area contributed by atoms with Crippen LogP contribution in [0.2, 0.25) is 0 Å². The lowest BCUT2D eigenvalue weighted by molar-refractivity contribution is -0.119. The minimum Gasteiger partial charge on any atom is -0.497 e. The van der Waals surface area contributed by atoms with E-state index in [1.807, 2.05) is 24.3 Å². The number of nitrogens with one attached hydrogen (secondary N) is 1. The highest BCUT2D eigenvalue weighted by atomic mass is 35.5. The first-order chi connectivity index (χ1) is 8.11. The van der Waals surface area contributed by atoms with Gasteiger partial charge in [0.05, 0.1) is 19.3 Å². The number of aliphatic hydroxyl groups excluding tert-OH is 1. The van der Waals surface area contributed by atoms with E-state index in [4.69, 9.17) is 16.3 Å². The van der Waals surface area contributed by atoms with Crippen LogP contribution in [-0.4, -0.2) is 35.6 Å². The van der Waals surface area contributed by atoms with Crippen LogP contribution >= 0.6 is 11.6 Å². The molecule has 0 spiro atoms. The zero-order chi connectivity index (χ0) is 12.4. The zero-order valence-electron chi connectivity index (χ0n) is 9.39. The van der Waals surface area contributed by atoms with E-state index in [-0.39, 0.29) is 11.9 Å². The van der Waals surface area contributed by atoms with Crippen LogP contribution < -0.4 is 10.1 Å². The van der Waals surface area contributed by atoms with Gasteiger partial charge in [-0.1, -0.05) is 12.1 Å². The molecule has 2 unspecified atom stereocenters. The van der Waals surface area contributed by atoms with Crippen molar-refractivity contribution < 1.29 is 14.6 Å². The summed E-state index contributed by atoms with van der Waals surface area (Å²) in [6, 6.07) is 7.17. The number of methoxy groups -OCH3 is 1. The quantitative estimate of drug-likeness (QED) is 0.782. The molecule has 2 rings (SSSR count). The molecular weight excluding hydrogens is 242 g/mol. The summed E-state index contributed by atoms with van der Waals surface area (Å²) in [6.07, 6.45) is -0.286. The first-order valence-electron chi connectivity index (χ1n) is 5.37. The van der Waals surface area contributed by atoms with E-state index in [9.17, 15) is 9.90 Å². The lowest BCUT2D eigenvalue weighted by Crippen LogP contribution is -2.34. The van der Waals surface area contributed by atoms with Crippen LogP contribution in [0.1, 0.15) is 5.56 Å². The number of aliphatic hydroxyl groups is 1. The lowest BCUT2D eigenvalue weighted by Gasteiger charge is -2.14. The highest BCUT2D eigenvalue weighted by Crippen LogP contribution is 2.20. The highest BCUT2D eigenvalue weighted by Gasteiger charge is 2.39. The molecule has 1 fully saturated rings. The van der Waals surface area contributed by atoms with Crippen LogP contribution in [0.15, 0.2) is 24.3 Å². The minimum absolute atomic E-state index is 0.308. The summed E-state index contributed by atoms with van der Waals surface area (Å²) in [7, 11) is 1.61. The summed E-state index contributed by atoms with van der Waals surface area (Å²) in [5.41, 5.74) is 1.01.